The molecule has 3 nitrogen and oxygen atoms in total. The highest BCUT2D eigenvalue weighted by atomic mass is 79.9. The maximum atomic E-state index is 6.11. The Labute approximate surface area is 125 Å². The average molecular weight is 388 g/mol. The fraction of sp³-hybridized carbons (Fsp3) is 0.455. The van der Waals surface area contributed by atoms with E-state index in [-0.39, 0.29) is 18.4 Å². The summed E-state index contributed by atoms with van der Waals surface area (Å²) in [6, 6.07) is 3.87. The molecule has 0 aliphatic carbocycles. The SMILES string of the molecule is Cl.NCCCC[C@H](N)c1cc(Br)cc(Br)c1N. The molecule has 17 heavy (non-hydrogen) atoms. The van der Waals surface area contributed by atoms with Gasteiger partial charge >= 0.3 is 0 Å². The van der Waals surface area contributed by atoms with Crippen molar-refractivity contribution in [2.75, 3.05) is 12.3 Å². The molecule has 98 valence electrons. The number of rotatable bonds is 5. The lowest BCUT2D eigenvalue weighted by Crippen LogP contribution is -2.13. The molecule has 0 bridgehead atoms. The van der Waals surface area contributed by atoms with Crippen LogP contribution in [0.15, 0.2) is 21.1 Å². The number of nitrogen functional groups attached to an aromatic ring is 1. The predicted octanol–water partition coefficient (Wildman–Crippen LogP) is 3.34. The Kier molecular flexibility index (Phi) is 8.41. The third kappa shape index (κ3) is 5.14. The van der Waals surface area contributed by atoms with Crippen LogP contribution in [-0.2, 0) is 0 Å². The van der Waals surface area contributed by atoms with Crippen molar-refractivity contribution < 1.29 is 0 Å². The van der Waals surface area contributed by atoms with Gasteiger partial charge in [0.25, 0.3) is 0 Å². The van der Waals surface area contributed by atoms with Crippen molar-refractivity contribution in [3.8, 4) is 0 Å². The highest BCUT2D eigenvalue weighted by molar-refractivity contribution is 9.11. The molecular formula is C11H18Br2ClN3. The van der Waals surface area contributed by atoms with E-state index in [1.54, 1.807) is 0 Å². The number of unbranched alkanes of at least 4 members (excludes halogenated alkanes) is 1. The molecule has 6 heteroatoms. The second kappa shape index (κ2) is 8.32. The van der Waals surface area contributed by atoms with Gasteiger partial charge in [-0.05, 0) is 53.0 Å². The lowest BCUT2D eigenvalue weighted by molar-refractivity contribution is 0.592. The van der Waals surface area contributed by atoms with E-state index in [9.17, 15) is 0 Å². The number of hydrogen-bond acceptors (Lipinski definition) is 3. The van der Waals surface area contributed by atoms with Gasteiger partial charge in [-0.1, -0.05) is 22.4 Å². The van der Waals surface area contributed by atoms with Gasteiger partial charge in [-0.2, -0.15) is 0 Å². The molecule has 0 unspecified atom stereocenters. The maximum Gasteiger partial charge on any atom is 0.0507 e. The fourth-order valence-electron chi connectivity index (χ4n) is 1.58. The minimum absolute atomic E-state index is 0. The lowest BCUT2D eigenvalue weighted by Gasteiger charge is -2.16. The summed E-state index contributed by atoms with van der Waals surface area (Å²) in [5.41, 5.74) is 19.3. The summed E-state index contributed by atoms with van der Waals surface area (Å²) in [4.78, 5) is 0. The molecule has 0 aromatic heterocycles. The van der Waals surface area contributed by atoms with E-state index in [4.69, 9.17) is 17.2 Å². The summed E-state index contributed by atoms with van der Waals surface area (Å²) in [6.07, 6.45) is 2.94. The van der Waals surface area contributed by atoms with Gasteiger partial charge in [-0.3, -0.25) is 0 Å². The number of hydrogen-bond donors (Lipinski definition) is 3. The van der Waals surface area contributed by atoms with Crippen LogP contribution in [0.5, 0.6) is 0 Å². The number of anilines is 1. The standard InChI is InChI=1S/C11H17Br2N3.ClH/c12-7-5-8(11(16)9(13)6-7)10(15)3-1-2-4-14;/h5-6,10H,1-4,14-16H2;1H/t10-;/m0./s1. The Balaban J connectivity index is 0.00000256. The van der Waals surface area contributed by atoms with Crippen LogP contribution in [0.1, 0.15) is 30.9 Å². The Morgan fingerprint density at radius 3 is 2.41 bits per heavy atom. The lowest BCUT2D eigenvalue weighted by atomic mass is 10.0. The first-order valence-electron chi connectivity index (χ1n) is 5.26. The summed E-state index contributed by atoms with van der Waals surface area (Å²) < 4.78 is 1.86. The van der Waals surface area contributed by atoms with Gasteiger partial charge in [0, 0.05) is 15.0 Å². The summed E-state index contributed by atoms with van der Waals surface area (Å²) in [6.45, 7) is 0.713. The minimum Gasteiger partial charge on any atom is -0.398 e. The first-order valence-corrected chi connectivity index (χ1v) is 6.85. The maximum absolute atomic E-state index is 6.11. The summed E-state index contributed by atoms with van der Waals surface area (Å²) in [5, 5.41) is 0. The van der Waals surface area contributed by atoms with Crippen molar-refractivity contribution in [2.45, 2.75) is 25.3 Å². The molecule has 0 aliphatic heterocycles. The molecule has 6 N–H and O–H groups in total. The van der Waals surface area contributed by atoms with E-state index in [0.717, 1.165) is 39.5 Å². The molecule has 0 saturated heterocycles. The van der Waals surface area contributed by atoms with Crippen LogP contribution >= 0.6 is 44.3 Å². The Morgan fingerprint density at radius 1 is 1.18 bits per heavy atom. The van der Waals surface area contributed by atoms with Gasteiger partial charge in [-0.15, -0.1) is 12.4 Å². The smallest absolute Gasteiger partial charge is 0.0507 e. The molecule has 0 spiro atoms. The molecule has 0 amide bonds. The molecule has 1 rings (SSSR count). The van der Waals surface area contributed by atoms with Gasteiger partial charge in [0.15, 0.2) is 0 Å². The van der Waals surface area contributed by atoms with Gasteiger partial charge in [0.05, 0.1) is 5.69 Å². The largest absolute Gasteiger partial charge is 0.398 e. The zero-order valence-electron chi connectivity index (χ0n) is 9.46. The Morgan fingerprint density at radius 2 is 1.82 bits per heavy atom. The molecular weight excluding hydrogens is 369 g/mol. The highest BCUT2D eigenvalue weighted by Gasteiger charge is 2.12. The topological polar surface area (TPSA) is 78.1 Å². The third-order valence-corrected chi connectivity index (χ3v) is 3.61. The summed E-state index contributed by atoms with van der Waals surface area (Å²) >= 11 is 6.85. The second-order valence-electron chi connectivity index (χ2n) is 3.78. The second-order valence-corrected chi connectivity index (χ2v) is 5.55. The van der Waals surface area contributed by atoms with E-state index < -0.39 is 0 Å². The quantitative estimate of drug-likeness (QED) is 0.536. The van der Waals surface area contributed by atoms with E-state index in [0.29, 0.717) is 6.54 Å². The van der Waals surface area contributed by atoms with Gasteiger partial charge in [0.1, 0.15) is 0 Å². The molecule has 0 aliphatic rings. The first kappa shape index (κ1) is 17.2. The van der Waals surface area contributed by atoms with E-state index in [1.807, 2.05) is 12.1 Å². The van der Waals surface area contributed by atoms with Crippen molar-refractivity contribution >= 4 is 50.0 Å². The van der Waals surface area contributed by atoms with Crippen LogP contribution in [0.25, 0.3) is 0 Å². The Bertz CT molecular complexity index is 361. The van der Waals surface area contributed by atoms with Gasteiger partial charge in [-0.25, -0.2) is 0 Å². The molecule has 0 saturated carbocycles. The zero-order chi connectivity index (χ0) is 12.1. The zero-order valence-corrected chi connectivity index (χ0v) is 13.4. The van der Waals surface area contributed by atoms with Crippen LogP contribution in [0.4, 0.5) is 5.69 Å². The van der Waals surface area contributed by atoms with Crippen LogP contribution < -0.4 is 17.2 Å². The first-order chi connectivity index (χ1) is 7.56. The molecule has 1 atom stereocenters. The average Bonchev–Trinajstić information content (AvgIpc) is 2.23. The molecule has 0 heterocycles. The van der Waals surface area contributed by atoms with E-state index >= 15 is 0 Å². The number of nitrogens with two attached hydrogens (primary N) is 3. The van der Waals surface area contributed by atoms with Gasteiger partial charge in [0.2, 0.25) is 0 Å². The van der Waals surface area contributed by atoms with E-state index in [1.165, 1.54) is 0 Å². The molecule has 0 fully saturated rings. The highest BCUT2D eigenvalue weighted by Crippen LogP contribution is 2.32. The third-order valence-electron chi connectivity index (χ3n) is 2.50. The van der Waals surface area contributed by atoms with Crippen LogP contribution in [0.3, 0.4) is 0 Å². The summed E-state index contributed by atoms with van der Waals surface area (Å²) in [7, 11) is 0. The predicted molar refractivity (Wildman–Crippen MR) is 83.3 cm³/mol. The van der Waals surface area contributed by atoms with Crippen molar-refractivity contribution in [1.82, 2.24) is 0 Å². The number of benzene rings is 1. The Hall–Kier alpha value is 0.190. The monoisotopic (exact) mass is 385 g/mol. The molecule has 0 radical (unpaired) electrons. The molecule has 1 aromatic rings. The number of halogens is 3. The summed E-state index contributed by atoms with van der Waals surface area (Å²) in [5.74, 6) is 0. The van der Waals surface area contributed by atoms with Crippen LogP contribution in [-0.4, -0.2) is 6.54 Å². The van der Waals surface area contributed by atoms with Crippen molar-refractivity contribution in [1.29, 1.82) is 0 Å². The fourth-order valence-corrected chi connectivity index (χ4v) is 2.83. The van der Waals surface area contributed by atoms with Crippen molar-refractivity contribution in [2.24, 2.45) is 11.5 Å². The van der Waals surface area contributed by atoms with E-state index in [2.05, 4.69) is 31.9 Å². The molecule has 1 aromatic carbocycles. The van der Waals surface area contributed by atoms with Gasteiger partial charge < -0.3 is 17.2 Å². The minimum atomic E-state index is -0.0275. The normalized spacial score (nSPS) is 12.0. The van der Waals surface area contributed by atoms with Crippen LogP contribution in [0, 0.1) is 0 Å². The van der Waals surface area contributed by atoms with Crippen molar-refractivity contribution in [3.63, 3.8) is 0 Å². The van der Waals surface area contributed by atoms with Crippen molar-refractivity contribution in [3.05, 3.63) is 26.6 Å². The van der Waals surface area contributed by atoms with Crippen LogP contribution in [0.2, 0.25) is 0 Å².